The van der Waals surface area contributed by atoms with Crippen LogP contribution in [-0.4, -0.2) is 50.8 Å². The van der Waals surface area contributed by atoms with Crippen molar-refractivity contribution in [2.75, 3.05) is 31.1 Å². The molecule has 1 N–H and O–H groups in total. The Morgan fingerprint density at radius 3 is 2.52 bits per heavy atom. The van der Waals surface area contributed by atoms with Gasteiger partial charge in [-0.2, -0.15) is 4.52 Å². The molecule has 0 bridgehead atoms. The SMILES string of the molecule is Cc1nc2sc([C@H](c3cccs3)N3CCN(c4ccc(F)cc4)CC3)c(O)n2n1. The van der Waals surface area contributed by atoms with Gasteiger partial charge < -0.3 is 10.0 Å². The summed E-state index contributed by atoms with van der Waals surface area (Å²) in [5.74, 6) is 0.607. The van der Waals surface area contributed by atoms with Crippen molar-refractivity contribution in [3.63, 3.8) is 0 Å². The van der Waals surface area contributed by atoms with Gasteiger partial charge in [0, 0.05) is 36.7 Å². The summed E-state index contributed by atoms with van der Waals surface area (Å²) in [6.45, 7) is 5.19. The topological polar surface area (TPSA) is 56.9 Å². The highest BCUT2D eigenvalue weighted by atomic mass is 32.1. The van der Waals surface area contributed by atoms with Crippen molar-refractivity contribution in [1.82, 2.24) is 19.5 Å². The molecule has 3 aromatic heterocycles. The summed E-state index contributed by atoms with van der Waals surface area (Å²) in [5, 5.41) is 17.2. The molecule has 1 aliphatic rings. The lowest BCUT2D eigenvalue weighted by atomic mass is 10.1. The average molecular weight is 430 g/mol. The lowest BCUT2D eigenvalue weighted by Gasteiger charge is -2.39. The van der Waals surface area contributed by atoms with E-state index in [0.29, 0.717) is 10.8 Å². The summed E-state index contributed by atoms with van der Waals surface area (Å²) in [5.41, 5.74) is 1.04. The van der Waals surface area contributed by atoms with Gasteiger partial charge in [-0.25, -0.2) is 9.37 Å². The van der Waals surface area contributed by atoms with E-state index in [4.69, 9.17) is 0 Å². The van der Waals surface area contributed by atoms with Crippen LogP contribution in [0.15, 0.2) is 41.8 Å². The highest BCUT2D eigenvalue weighted by Crippen LogP contribution is 2.41. The van der Waals surface area contributed by atoms with E-state index in [1.807, 2.05) is 25.1 Å². The van der Waals surface area contributed by atoms with Crippen LogP contribution in [0.2, 0.25) is 0 Å². The number of anilines is 1. The Morgan fingerprint density at radius 1 is 1.10 bits per heavy atom. The second-order valence-corrected chi connectivity index (χ2v) is 9.05. The van der Waals surface area contributed by atoms with Crippen LogP contribution in [0.1, 0.15) is 21.6 Å². The number of thiophene rings is 1. The maximum absolute atomic E-state index is 13.2. The van der Waals surface area contributed by atoms with Crippen molar-refractivity contribution in [2.24, 2.45) is 0 Å². The van der Waals surface area contributed by atoms with E-state index in [9.17, 15) is 9.50 Å². The minimum absolute atomic E-state index is 0.0285. The van der Waals surface area contributed by atoms with Crippen LogP contribution < -0.4 is 4.90 Å². The zero-order valence-electron chi connectivity index (χ0n) is 15.8. The summed E-state index contributed by atoms with van der Waals surface area (Å²) in [6, 6.07) is 10.8. The van der Waals surface area contributed by atoms with Gasteiger partial charge in [-0.15, -0.1) is 16.4 Å². The largest absolute Gasteiger partial charge is 0.492 e. The molecule has 0 spiro atoms. The molecule has 0 radical (unpaired) electrons. The number of fused-ring (bicyclic) bond motifs is 1. The highest BCUT2D eigenvalue weighted by Gasteiger charge is 2.32. The molecule has 0 aliphatic carbocycles. The first kappa shape index (κ1) is 18.5. The Bertz CT molecular complexity index is 1110. The van der Waals surface area contributed by atoms with Crippen molar-refractivity contribution >= 4 is 33.3 Å². The van der Waals surface area contributed by atoms with Crippen molar-refractivity contribution in [1.29, 1.82) is 0 Å². The molecule has 1 saturated heterocycles. The Balaban J connectivity index is 1.43. The molecule has 4 aromatic rings. The third kappa shape index (κ3) is 3.39. The molecule has 0 amide bonds. The first-order valence-electron chi connectivity index (χ1n) is 9.43. The first-order valence-corrected chi connectivity index (χ1v) is 11.1. The van der Waals surface area contributed by atoms with Gasteiger partial charge in [0.05, 0.1) is 10.9 Å². The summed E-state index contributed by atoms with van der Waals surface area (Å²) < 4.78 is 14.8. The number of aromatic nitrogens is 3. The van der Waals surface area contributed by atoms with Gasteiger partial charge in [0.15, 0.2) is 0 Å². The molecule has 4 heterocycles. The van der Waals surface area contributed by atoms with Gasteiger partial charge in [0.2, 0.25) is 10.8 Å². The minimum Gasteiger partial charge on any atom is -0.492 e. The lowest BCUT2D eigenvalue weighted by Crippen LogP contribution is -2.47. The number of rotatable bonds is 4. The molecule has 9 heteroatoms. The Morgan fingerprint density at radius 2 is 1.86 bits per heavy atom. The third-order valence-electron chi connectivity index (χ3n) is 5.24. The lowest BCUT2D eigenvalue weighted by molar-refractivity contribution is 0.213. The molecule has 150 valence electrons. The summed E-state index contributed by atoms with van der Waals surface area (Å²) in [4.78, 5) is 11.9. The molecule has 6 nitrogen and oxygen atoms in total. The van der Waals surface area contributed by atoms with Crippen LogP contribution in [-0.2, 0) is 0 Å². The van der Waals surface area contributed by atoms with E-state index in [2.05, 4.69) is 31.3 Å². The number of aryl methyl sites for hydroxylation is 1. The quantitative estimate of drug-likeness (QED) is 0.533. The predicted octanol–water partition coefficient (Wildman–Crippen LogP) is 3.92. The number of benzene rings is 1. The fourth-order valence-corrected chi connectivity index (χ4v) is 5.93. The number of piperazine rings is 1. The fourth-order valence-electron chi connectivity index (χ4n) is 3.84. The molecule has 1 aromatic carbocycles. The number of hydrogen-bond acceptors (Lipinski definition) is 7. The van der Waals surface area contributed by atoms with Gasteiger partial charge in [0.1, 0.15) is 11.6 Å². The number of thiazole rings is 1. The molecule has 0 saturated carbocycles. The molecular weight excluding hydrogens is 409 g/mol. The number of hydrogen-bond donors (Lipinski definition) is 1. The maximum atomic E-state index is 13.2. The summed E-state index contributed by atoms with van der Waals surface area (Å²) in [6.07, 6.45) is 0. The molecule has 5 rings (SSSR count). The van der Waals surface area contributed by atoms with Gasteiger partial charge in [-0.3, -0.25) is 4.90 Å². The molecule has 1 fully saturated rings. The van der Waals surface area contributed by atoms with Gasteiger partial charge in [0.25, 0.3) is 0 Å². The third-order valence-corrected chi connectivity index (χ3v) is 7.24. The van der Waals surface area contributed by atoms with E-state index in [1.54, 1.807) is 11.3 Å². The van der Waals surface area contributed by atoms with Crippen LogP contribution in [0.25, 0.3) is 4.96 Å². The molecule has 1 aliphatic heterocycles. The number of aromatic hydroxyl groups is 1. The highest BCUT2D eigenvalue weighted by molar-refractivity contribution is 7.17. The van der Waals surface area contributed by atoms with Crippen LogP contribution in [0.3, 0.4) is 0 Å². The van der Waals surface area contributed by atoms with Crippen LogP contribution in [0, 0.1) is 12.7 Å². The van der Waals surface area contributed by atoms with Crippen LogP contribution >= 0.6 is 22.7 Å². The molecule has 0 unspecified atom stereocenters. The van der Waals surface area contributed by atoms with Crippen molar-refractivity contribution in [3.05, 3.63) is 63.2 Å². The van der Waals surface area contributed by atoms with Crippen molar-refractivity contribution in [3.8, 4) is 5.88 Å². The van der Waals surface area contributed by atoms with E-state index < -0.39 is 0 Å². The molecule has 29 heavy (non-hydrogen) atoms. The monoisotopic (exact) mass is 429 g/mol. The predicted molar refractivity (Wildman–Crippen MR) is 114 cm³/mol. The normalized spacial score (nSPS) is 16.6. The van der Waals surface area contributed by atoms with Gasteiger partial charge >= 0.3 is 0 Å². The van der Waals surface area contributed by atoms with Crippen molar-refractivity contribution < 1.29 is 9.50 Å². The Kier molecular flexibility index (Phi) is 4.73. The van der Waals surface area contributed by atoms with Crippen molar-refractivity contribution in [2.45, 2.75) is 13.0 Å². The van der Waals surface area contributed by atoms with E-state index in [0.717, 1.165) is 36.7 Å². The van der Waals surface area contributed by atoms with Gasteiger partial charge in [-0.1, -0.05) is 17.4 Å². The van der Waals surface area contributed by atoms with Gasteiger partial charge in [-0.05, 0) is 42.6 Å². The first-order chi connectivity index (χ1) is 14.1. The standard InChI is InChI=1S/C20H20FN5OS2/c1-13-22-20-26(23-13)19(27)18(29-20)17(16-3-2-12-28-16)25-10-8-24(9-11-25)15-6-4-14(21)5-7-15/h2-7,12,17,27H,8-11H2,1H3/t17-/m0/s1. The maximum Gasteiger partial charge on any atom is 0.230 e. The summed E-state index contributed by atoms with van der Waals surface area (Å²) >= 11 is 3.18. The second-order valence-electron chi connectivity index (χ2n) is 7.06. The zero-order valence-corrected chi connectivity index (χ0v) is 17.5. The molecular formula is C20H20FN5OS2. The zero-order chi connectivity index (χ0) is 20.0. The second kappa shape index (κ2) is 7.40. The summed E-state index contributed by atoms with van der Waals surface area (Å²) in [7, 11) is 0. The Labute approximate surface area is 175 Å². The fraction of sp³-hybridized carbons (Fsp3) is 0.300. The number of nitrogens with zero attached hydrogens (tertiary/aromatic N) is 5. The van der Waals surface area contributed by atoms with Crippen LogP contribution in [0.5, 0.6) is 5.88 Å². The minimum atomic E-state index is -0.216. The van der Waals surface area contributed by atoms with Crippen LogP contribution in [0.4, 0.5) is 10.1 Å². The smallest absolute Gasteiger partial charge is 0.230 e. The number of halogens is 1. The Hall–Kier alpha value is -2.49. The average Bonchev–Trinajstić information content (AvgIpc) is 3.43. The van der Waals surface area contributed by atoms with E-state index in [1.165, 1.54) is 32.9 Å². The van der Waals surface area contributed by atoms with E-state index in [-0.39, 0.29) is 17.7 Å². The van der Waals surface area contributed by atoms with E-state index >= 15 is 0 Å². The molecule has 1 atom stereocenters.